The summed E-state index contributed by atoms with van der Waals surface area (Å²) in [5, 5.41) is 4.04. The van der Waals surface area contributed by atoms with Gasteiger partial charge in [-0.2, -0.15) is 0 Å². The van der Waals surface area contributed by atoms with Crippen LogP contribution in [0.25, 0.3) is 33.3 Å². The normalized spacial score (nSPS) is 10.7. The van der Waals surface area contributed by atoms with Crippen molar-refractivity contribution in [2.75, 3.05) is 12.4 Å². The molecule has 0 saturated heterocycles. The molecule has 1 N–H and O–H groups in total. The van der Waals surface area contributed by atoms with E-state index in [1.165, 1.54) is 0 Å². The van der Waals surface area contributed by atoms with Crippen molar-refractivity contribution < 1.29 is 9.53 Å². The van der Waals surface area contributed by atoms with E-state index in [1.54, 1.807) is 25.7 Å². The van der Waals surface area contributed by atoms with Crippen molar-refractivity contribution in [3.8, 4) is 28.1 Å². The quantitative estimate of drug-likeness (QED) is 0.327. The maximum Gasteiger partial charge on any atom is 0.169 e. The number of ketones is 1. The minimum atomic E-state index is 0.183. The van der Waals surface area contributed by atoms with E-state index >= 15 is 0 Å². The standard InChI is InChI=1S/C27H25N3O2/c1-4-6-24(31)20-11-7-18(8-12-20)19-9-13-21(14-10-19)25-27(32-3)26(29-5-2)22-17-28-16-15-23(22)30-25/h5,7-17H,2,4,6H2,1,3H3,(H,29,30). The third-order valence-corrected chi connectivity index (χ3v) is 5.37. The van der Waals surface area contributed by atoms with E-state index in [2.05, 4.69) is 29.0 Å². The molecule has 160 valence electrons. The molecule has 0 amide bonds. The van der Waals surface area contributed by atoms with Crippen LogP contribution in [0.15, 0.2) is 79.8 Å². The first-order valence-corrected chi connectivity index (χ1v) is 10.6. The highest BCUT2D eigenvalue weighted by molar-refractivity contribution is 5.98. The van der Waals surface area contributed by atoms with Crippen LogP contribution in [-0.4, -0.2) is 22.9 Å². The van der Waals surface area contributed by atoms with Gasteiger partial charge in [0.2, 0.25) is 0 Å². The zero-order chi connectivity index (χ0) is 22.5. The second-order valence-electron chi connectivity index (χ2n) is 7.44. The number of benzene rings is 2. The molecule has 0 saturated carbocycles. The summed E-state index contributed by atoms with van der Waals surface area (Å²) in [5.74, 6) is 0.819. The summed E-state index contributed by atoms with van der Waals surface area (Å²) < 4.78 is 5.73. The Morgan fingerprint density at radius 1 is 1.03 bits per heavy atom. The van der Waals surface area contributed by atoms with Crippen LogP contribution in [0.4, 0.5) is 5.69 Å². The third-order valence-electron chi connectivity index (χ3n) is 5.37. The van der Waals surface area contributed by atoms with Gasteiger partial charge < -0.3 is 10.1 Å². The predicted octanol–water partition coefficient (Wildman–Crippen LogP) is 6.51. The van der Waals surface area contributed by atoms with Gasteiger partial charge in [-0.15, -0.1) is 0 Å². The lowest BCUT2D eigenvalue weighted by molar-refractivity contribution is 0.0982. The number of aromatic nitrogens is 2. The van der Waals surface area contributed by atoms with E-state index < -0.39 is 0 Å². The molecule has 0 unspecified atom stereocenters. The Morgan fingerprint density at radius 2 is 1.69 bits per heavy atom. The van der Waals surface area contributed by atoms with Gasteiger partial charge in [0, 0.05) is 35.3 Å². The van der Waals surface area contributed by atoms with Crippen LogP contribution >= 0.6 is 0 Å². The first-order chi connectivity index (χ1) is 15.7. The number of ether oxygens (including phenoxy) is 1. The molecule has 2 aromatic carbocycles. The molecule has 2 aromatic heterocycles. The van der Waals surface area contributed by atoms with Crippen molar-refractivity contribution in [1.82, 2.24) is 9.97 Å². The van der Waals surface area contributed by atoms with Crippen molar-refractivity contribution in [3.05, 3.63) is 85.3 Å². The van der Waals surface area contributed by atoms with Crippen LogP contribution in [0.5, 0.6) is 5.75 Å². The van der Waals surface area contributed by atoms with Gasteiger partial charge >= 0.3 is 0 Å². The van der Waals surface area contributed by atoms with E-state index in [0.717, 1.165) is 51.0 Å². The van der Waals surface area contributed by atoms with Crippen molar-refractivity contribution in [3.63, 3.8) is 0 Å². The van der Waals surface area contributed by atoms with Gasteiger partial charge in [-0.1, -0.05) is 62.0 Å². The molecule has 5 heteroatoms. The number of rotatable bonds is 8. The van der Waals surface area contributed by atoms with Gasteiger partial charge in [0.15, 0.2) is 11.5 Å². The fourth-order valence-electron chi connectivity index (χ4n) is 3.77. The Labute approximate surface area is 187 Å². The fourth-order valence-corrected chi connectivity index (χ4v) is 3.77. The van der Waals surface area contributed by atoms with Crippen molar-refractivity contribution in [2.45, 2.75) is 19.8 Å². The topological polar surface area (TPSA) is 64.1 Å². The second kappa shape index (κ2) is 9.43. The molecule has 0 spiro atoms. The number of nitrogens with one attached hydrogen (secondary N) is 1. The number of methoxy groups -OCH3 is 1. The Balaban J connectivity index is 1.71. The van der Waals surface area contributed by atoms with Gasteiger partial charge in [-0.25, -0.2) is 4.98 Å². The molecule has 0 bridgehead atoms. The van der Waals surface area contributed by atoms with E-state index in [1.807, 2.05) is 49.4 Å². The molecular formula is C27H25N3O2. The number of hydrogen-bond acceptors (Lipinski definition) is 5. The van der Waals surface area contributed by atoms with Gasteiger partial charge in [0.25, 0.3) is 0 Å². The SMILES string of the molecule is C=CNc1c(OC)c(-c2ccc(-c3ccc(C(=O)CCC)cc3)cc2)nc2ccncc12. The molecule has 4 rings (SSSR count). The fraction of sp³-hybridized carbons (Fsp3) is 0.148. The van der Waals surface area contributed by atoms with Gasteiger partial charge in [0.05, 0.1) is 18.3 Å². The van der Waals surface area contributed by atoms with E-state index in [-0.39, 0.29) is 5.78 Å². The monoisotopic (exact) mass is 423 g/mol. The number of Topliss-reactive ketones (excluding diaryl/α,β-unsaturated/α-hetero) is 1. The summed E-state index contributed by atoms with van der Waals surface area (Å²) in [5.41, 5.74) is 6.16. The van der Waals surface area contributed by atoms with Crippen LogP contribution in [0.2, 0.25) is 0 Å². The third kappa shape index (κ3) is 4.10. The van der Waals surface area contributed by atoms with Crippen LogP contribution in [0.1, 0.15) is 30.1 Å². The lowest BCUT2D eigenvalue weighted by atomic mass is 9.99. The molecule has 4 aromatic rings. The van der Waals surface area contributed by atoms with E-state index in [9.17, 15) is 4.79 Å². The number of anilines is 1. The molecule has 0 aliphatic carbocycles. The lowest BCUT2D eigenvalue weighted by Crippen LogP contribution is -2.00. The van der Waals surface area contributed by atoms with Gasteiger partial charge in [-0.05, 0) is 29.8 Å². The highest BCUT2D eigenvalue weighted by Gasteiger charge is 2.17. The number of hydrogen-bond donors (Lipinski definition) is 1. The summed E-state index contributed by atoms with van der Waals surface area (Å²) >= 11 is 0. The lowest BCUT2D eigenvalue weighted by Gasteiger charge is -2.16. The molecule has 5 nitrogen and oxygen atoms in total. The highest BCUT2D eigenvalue weighted by Crippen LogP contribution is 2.40. The molecule has 0 fully saturated rings. The smallest absolute Gasteiger partial charge is 0.169 e. The first kappa shape index (κ1) is 21.2. The number of carbonyl (C=O) groups excluding carboxylic acids is 1. The van der Waals surface area contributed by atoms with Crippen LogP contribution in [0, 0.1) is 0 Å². The summed E-state index contributed by atoms with van der Waals surface area (Å²) in [7, 11) is 1.63. The average molecular weight is 424 g/mol. The van der Waals surface area contributed by atoms with Crippen molar-refractivity contribution in [2.24, 2.45) is 0 Å². The molecule has 0 radical (unpaired) electrons. The van der Waals surface area contributed by atoms with Crippen LogP contribution < -0.4 is 10.1 Å². The largest absolute Gasteiger partial charge is 0.492 e. The zero-order valence-electron chi connectivity index (χ0n) is 18.3. The molecule has 0 aliphatic rings. The Hall–Kier alpha value is -3.99. The summed E-state index contributed by atoms with van der Waals surface area (Å²) in [6.45, 7) is 5.80. The molecule has 0 atom stereocenters. The van der Waals surface area contributed by atoms with Crippen molar-refractivity contribution >= 4 is 22.4 Å². The number of carbonyl (C=O) groups is 1. The van der Waals surface area contributed by atoms with Crippen LogP contribution in [-0.2, 0) is 0 Å². The summed E-state index contributed by atoms with van der Waals surface area (Å²) in [4.78, 5) is 21.1. The molecular weight excluding hydrogens is 398 g/mol. The summed E-state index contributed by atoms with van der Waals surface area (Å²) in [6.07, 6.45) is 6.54. The highest BCUT2D eigenvalue weighted by atomic mass is 16.5. The number of fused-ring (bicyclic) bond motifs is 1. The zero-order valence-corrected chi connectivity index (χ0v) is 18.3. The maximum atomic E-state index is 12.1. The predicted molar refractivity (Wildman–Crippen MR) is 130 cm³/mol. The average Bonchev–Trinajstić information content (AvgIpc) is 2.84. The minimum Gasteiger partial charge on any atom is -0.492 e. The van der Waals surface area contributed by atoms with Crippen molar-refractivity contribution in [1.29, 1.82) is 0 Å². The van der Waals surface area contributed by atoms with E-state index in [0.29, 0.717) is 12.2 Å². The Kier molecular flexibility index (Phi) is 6.26. The van der Waals surface area contributed by atoms with Gasteiger partial charge in [0.1, 0.15) is 5.69 Å². The Bertz CT molecular complexity index is 1260. The first-order valence-electron chi connectivity index (χ1n) is 10.6. The van der Waals surface area contributed by atoms with Crippen LogP contribution in [0.3, 0.4) is 0 Å². The molecule has 0 aliphatic heterocycles. The van der Waals surface area contributed by atoms with Gasteiger partial charge in [-0.3, -0.25) is 9.78 Å². The molecule has 2 heterocycles. The van der Waals surface area contributed by atoms with E-state index in [4.69, 9.17) is 9.72 Å². The number of pyridine rings is 2. The Morgan fingerprint density at radius 3 is 2.31 bits per heavy atom. The minimum absolute atomic E-state index is 0.183. The molecule has 32 heavy (non-hydrogen) atoms. The second-order valence-corrected chi connectivity index (χ2v) is 7.44. The maximum absolute atomic E-state index is 12.1. The summed E-state index contributed by atoms with van der Waals surface area (Å²) in [6, 6.07) is 17.8. The number of nitrogens with zero attached hydrogens (tertiary/aromatic N) is 2.